The molecule has 2 aliphatic heterocycles. The monoisotopic (exact) mass is 288 g/mol. The molecule has 2 aliphatic rings. The summed E-state index contributed by atoms with van der Waals surface area (Å²) in [5, 5.41) is 0. The Labute approximate surface area is 129 Å². The van der Waals surface area contributed by atoms with E-state index in [0.717, 1.165) is 12.6 Å². The predicted molar refractivity (Wildman–Crippen MR) is 87.7 cm³/mol. The van der Waals surface area contributed by atoms with Crippen LogP contribution in [-0.4, -0.2) is 62.2 Å². The summed E-state index contributed by atoms with van der Waals surface area (Å²) in [4.78, 5) is 7.08. The molecule has 3 nitrogen and oxygen atoms in total. The lowest BCUT2D eigenvalue weighted by atomic mass is 10.0. The van der Waals surface area contributed by atoms with E-state index in [2.05, 4.69) is 48.0 Å². The molecule has 3 rings (SSSR count). The predicted octanol–water partition coefficient (Wildman–Crippen LogP) is 0.790. The van der Waals surface area contributed by atoms with E-state index < -0.39 is 0 Å². The lowest BCUT2D eigenvalue weighted by molar-refractivity contribution is -0.884. The smallest absolute Gasteiger partial charge is 0.0898 e. The molecule has 116 valence electrons. The van der Waals surface area contributed by atoms with Crippen molar-refractivity contribution in [2.45, 2.75) is 32.4 Å². The SMILES string of the molecule is Cc1ccccc1CN1CCC(N2CC[NH+](C)CC2)CC1. The van der Waals surface area contributed by atoms with Gasteiger partial charge in [-0.25, -0.2) is 0 Å². The lowest BCUT2D eigenvalue weighted by Gasteiger charge is -2.41. The number of piperidine rings is 1. The number of nitrogens with zero attached hydrogens (tertiary/aromatic N) is 2. The third kappa shape index (κ3) is 3.85. The van der Waals surface area contributed by atoms with Gasteiger partial charge < -0.3 is 4.90 Å². The number of likely N-dealkylation sites (tertiary alicyclic amines) is 1. The Hall–Kier alpha value is -0.900. The van der Waals surface area contributed by atoms with E-state index in [1.807, 2.05) is 0 Å². The summed E-state index contributed by atoms with van der Waals surface area (Å²) in [6.45, 7) is 11.1. The van der Waals surface area contributed by atoms with Gasteiger partial charge in [0.15, 0.2) is 0 Å². The number of hydrogen-bond donors (Lipinski definition) is 1. The van der Waals surface area contributed by atoms with Crippen LogP contribution in [0.25, 0.3) is 0 Å². The van der Waals surface area contributed by atoms with Gasteiger partial charge in [0.25, 0.3) is 0 Å². The second-order valence-corrected chi connectivity index (χ2v) is 6.93. The van der Waals surface area contributed by atoms with Gasteiger partial charge in [0.2, 0.25) is 0 Å². The van der Waals surface area contributed by atoms with E-state index in [-0.39, 0.29) is 0 Å². The van der Waals surface area contributed by atoms with Gasteiger partial charge in [-0.3, -0.25) is 9.80 Å². The first-order valence-electron chi connectivity index (χ1n) is 8.54. The minimum Gasteiger partial charge on any atom is -0.335 e. The van der Waals surface area contributed by atoms with Crippen molar-refractivity contribution < 1.29 is 4.90 Å². The van der Waals surface area contributed by atoms with E-state index in [1.54, 1.807) is 4.90 Å². The number of rotatable bonds is 3. The van der Waals surface area contributed by atoms with Crippen LogP contribution < -0.4 is 4.90 Å². The van der Waals surface area contributed by atoms with Gasteiger partial charge in [-0.2, -0.15) is 0 Å². The van der Waals surface area contributed by atoms with Crippen molar-refractivity contribution >= 4 is 0 Å². The molecule has 0 spiro atoms. The Morgan fingerprint density at radius 2 is 1.71 bits per heavy atom. The molecule has 0 saturated carbocycles. The van der Waals surface area contributed by atoms with Gasteiger partial charge in [-0.15, -0.1) is 0 Å². The lowest BCUT2D eigenvalue weighted by Crippen LogP contribution is -3.12. The number of nitrogens with one attached hydrogen (secondary N) is 1. The van der Waals surface area contributed by atoms with Crippen LogP contribution in [0.3, 0.4) is 0 Å². The number of aryl methyl sites for hydroxylation is 1. The standard InChI is InChI=1S/C18H29N3/c1-16-5-3-4-6-17(16)15-20-9-7-18(8-10-20)21-13-11-19(2)12-14-21/h3-6,18H,7-15H2,1-2H3/p+1. The average Bonchev–Trinajstić information content (AvgIpc) is 2.51. The van der Waals surface area contributed by atoms with E-state index in [1.165, 1.54) is 63.2 Å². The van der Waals surface area contributed by atoms with E-state index >= 15 is 0 Å². The number of quaternary nitrogens is 1. The molecule has 1 aromatic carbocycles. The molecule has 21 heavy (non-hydrogen) atoms. The fraction of sp³-hybridized carbons (Fsp3) is 0.667. The Morgan fingerprint density at radius 1 is 1.05 bits per heavy atom. The second kappa shape index (κ2) is 6.91. The molecule has 0 unspecified atom stereocenters. The second-order valence-electron chi connectivity index (χ2n) is 6.93. The Balaban J connectivity index is 1.48. The molecule has 2 fully saturated rings. The molecule has 2 heterocycles. The zero-order valence-electron chi connectivity index (χ0n) is 13.6. The zero-order chi connectivity index (χ0) is 14.7. The van der Waals surface area contributed by atoms with Crippen LogP contribution in [0.2, 0.25) is 0 Å². The van der Waals surface area contributed by atoms with Crippen LogP contribution in [0, 0.1) is 6.92 Å². The molecular weight excluding hydrogens is 258 g/mol. The highest BCUT2D eigenvalue weighted by Gasteiger charge is 2.27. The van der Waals surface area contributed by atoms with E-state index in [9.17, 15) is 0 Å². The molecule has 1 N–H and O–H groups in total. The molecule has 0 aliphatic carbocycles. The van der Waals surface area contributed by atoms with Crippen LogP contribution in [-0.2, 0) is 6.54 Å². The molecule has 0 amide bonds. The maximum absolute atomic E-state index is 2.75. The zero-order valence-corrected chi connectivity index (χ0v) is 13.6. The van der Waals surface area contributed by atoms with E-state index in [4.69, 9.17) is 0 Å². The minimum absolute atomic E-state index is 0.839. The Kier molecular flexibility index (Phi) is 4.94. The molecule has 2 saturated heterocycles. The van der Waals surface area contributed by atoms with Crippen molar-refractivity contribution in [3.8, 4) is 0 Å². The minimum atomic E-state index is 0.839. The summed E-state index contributed by atoms with van der Waals surface area (Å²) in [6, 6.07) is 9.66. The van der Waals surface area contributed by atoms with Gasteiger partial charge in [0, 0.05) is 25.7 Å². The summed E-state index contributed by atoms with van der Waals surface area (Å²) in [6.07, 6.45) is 2.70. The topological polar surface area (TPSA) is 10.9 Å². The highest BCUT2D eigenvalue weighted by Crippen LogP contribution is 2.19. The molecule has 0 aromatic heterocycles. The first-order chi connectivity index (χ1) is 10.2. The van der Waals surface area contributed by atoms with Gasteiger partial charge >= 0.3 is 0 Å². The maximum Gasteiger partial charge on any atom is 0.0898 e. The third-order valence-electron chi connectivity index (χ3n) is 5.38. The van der Waals surface area contributed by atoms with Crippen LogP contribution in [0.4, 0.5) is 0 Å². The molecule has 0 bridgehead atoms. The normalized spacial score (nSPS) is 23.5. The van der Waals surface area contributed by atoms with Crippen molar-refractivity contribution in [3.63, 3.8) is 0 Å². The van der Waals surface area contributed by atoms with Gasteiger partial charge in [0.1, 0.15) is 0 Å². The quantitative estimate of drug-likeness (QED) is 0.882. The van der Waals surface area contributed by atoms with Gasteiger partial charge in [-0.1, -0.05) is 24.3 Å². The van der Waals surface area contributed by atoms with Crippen LogP contribution >= 0.6 is 0 Å². The van der Waals surface area contributed by atoms with Crippen LogP contribution in [0.5, 0.6) is 0 Å². The first kappa shape index (κ1) is 15.0. The molecule has 1 aromatic rings. The summed E-state index contributed by atoms with van der Waals surface area (Å²) in [5.74, 6) is 0. The number of benzene rings is 1. The molecule has 0 radical (unpaired) electrons. The van der Waals surface area contributed by atoms with Crippen molar-refractivity contribution in [1.29, 1.82) is 0 Å². The fourth-order valence-corrected chi connectivity index (χ4v) is 3.74. The van der Waals surface area contributed by atoms with Crippen molar-refractivity contribution in [1.82, 2.24) is 9.80 Å². The van der Waals surface area contributed by atoms with Crippen molar-refractivity contribution in [3.05, 3.63) is 35.4 Å². The Morgan fingerprint density at radius 3 is 2.38 bits per heavy atom. The van der Waals surface area contributed by atoms with Crippen molar-refractivity contribution in [2.75, 3.05) is 46.3 Å². The molecule has 3 heteroatoms. The highest BCUT2D eigenvalue weighted by molar-refractivity contribution is 5.25. The van der Waals surface area contributed by atoms with E-state index in [0.29, 0.717) is 0 Å². The van der Waals surface area contributed by atoms with Gasteiger partial charge in [-0.05, 0) is 44.0 Å². The Bertz CT molecular complexity index is 444. The van der Waals surface area contributed by atoms with Gasteiger partial charge in [0.05, 0.1) is 20.1 Å². The maximum atomic E-state index is 2.75. The summed E-state index contributed by atoms with van der Waals surface area (Å²) in [5.41, 5.74) is 2.93. The summed E-state index contributed by atoms with van der Waals surface area (Å²) >= 11 is 0. The largest absolute Gasteiger partial charge is 0.335 e. The molecule has 0 atom stereocenters. The summed E-state index contributed by atoms with van der Waals surface area (Å²) in [7, 11) is 2.32. The van der Waals surface area contributed by atoms with Crippen LogP contribution in [0.1, 0.15) is 24.0 Å². The highest BCUT2D eigenvalue weighted by atomic mass is 15.3. The number of hydrogen-bond acceptors (Lipinski definition) is 2. The average molecular weight is 288 g/mol. The molecular formula is C18H30N3+. The first-order valence-corrected chi connectivity index (χ1v) is 8.54. The fourth-order valence-electron chi connectivity index (χ4n) is 3.74. The number of piperazine rings is 1. The summed E-state index contributed by atoms with van der Waals surface area (Å²) < 4.78 is 0. The van der Waals surface area contributed by atoms with Crippen LogP contribution in [0.15, 0.2) is 24.3 Å². The number of likely N-dealkylation sites (N-methyl/N-ethyl adjacent to an activating group) is 1. The third-order valence-corrected chi connectivity index (χ3v) is 5.38. The van der Waals surface area contributed by atoms with Crippen molar-refractivity contribution in [2.24, 2.45) is 0 Å².